The van der Waals surface area contributed by atoms with Crippen LogP contribution in [0.15, 0.2) is 11.4 Å². The molecule has 110 valence electrons. The molecule has 0 aromatic carbocycles. The number of aryl methyl sites for hydroxylation is 1. The number of rotatable bonds is 4. The summed E-state index contributed by atoms with van der Waals surface area (Å²) in [6, 6.07) is 0. The minimum absolute atomic E-state index is 0.0579. The molecule has 8 heteroatoms. The SMILES string of the molecule is Cn1ncc(C(N)=NO)c1NC(=O)CC1CCSCC1. The molecule has 1 aliphatic heterocycles. The van der Waals surface area contributed by atoms with Crippen LogP contribution < -0.4 is 11.1 Å². The fourth-order valence-electron chi connectivity index (χ4n) is 2.22. The number of hydrogen-bond acceptors (Lipinski definition) is 5. The molecule has 1 aromatic heterocycles. The average molecular weight is 297 g/mol. The van der Waals surface area contributed by atoms with Crippen molar-refractivity contribution in [2.45, 2.75) is 19.3 Å². The third-order valence-corrected chi connectivity index (χ3v) is 4.44. The first kappa shape index (κ1) is 14.7. The van der Waals surface area contributed by atoms with E-state index in [1.807, 2.05) is 11.8 Å². The van der Waals surface area contributed by atoms with Gasteiger partial charge in [-0.3, -0.25) is 9.48 Å². The summed E-state index contributed by atoms with van der Waals surface area (Å²) < 4.78 is 1.50. The zero-order valence-electron chi connectivity index (χ0n) is 11.4. The topological polar surface area (TPSA) is 106 Å². The van der Waals surface area contributed by atoms with Gasteiger partial charge in [0.2, 0.25) is 5.91 Å². The summed E-state index contributed by atoms with van der Waals surface area (Å²) in [5.41, 5.74) is 5.98. The van der Waals surface area contributed by atoms with Gasteiger partial charge < -0.3 is 16.3 Å². The standard InChI is InChI=1S/C12H19N5O2S/c1-17-12(9(7-14-17)11(13)16-19)15-10(18)6-8-2-4-20-5-3-8/h7-8,19H,2-6H2,1H3,(H2,13,16)(H,15,18). The van der Waals surface area contributed by atoms with Crippen LogP contribution >= 0.6 is 11.8 Å². The van der Waals surface area contributed by atoms with Gasteiger partial charge in [0.05, 0.1) is 11.8 Å². The van der Waals surface area contributed by atoms with Crippen molar-refractivity contribution in [2.75, 3.05) is 16.8 Å². The minimum Gasteiger partial charge on any atom is -0.409 e. The lowest BCUT2D eigenvalue weighted by atomic mass is 9.98. The first-order valence-corrected chi connectivity index (χ1v) is 7.64. The van der Waals surface area contributed by atoms with Gasteiger partial charge in [0.25, 0.3) is 0 Å². The van der Waals surface area contributed by atoms with E-state index >= 15 is 0 Å². The molecule has 0 saturated carbocycles. The van der Waals surface area contributed by atoms with E-state index < -0.39 is 0 Å². The van der Waals surface area contributed by atoms with Gasteiger partial charge in [-0.2, -0.15) is 16.9 Å². The van der Waals surface area contributed by atoms with E-state index in [4.69, 9.17) is 10.9 Å². The van der Waals surface area contributed by atoms with Crippen LogP contribution in [-0.4, -0.2) is 38.2 Å². The Bertz CT molecular complexity index is 508. The zero-order chi connectivity index (χ0) is 14.5. The van der Waals surface area contributed by atoms with Crippen molar-refractivity contribution in [1.29, 1.82) is 0 Å². The number of nitrogens with two attached hydrogens (primary N) is 1. The van der Waals surface area contributed by atoms with E-state index in [1.54, 1.807) is 7.05 Å². The smallest absolute Gasteiger partial charge is 0.225 e. The molecule has 1 aliphatic rings. The molecule has 4 N–H and O–H groups in total. The monoisotopic (exact) mass is 297 g/mol. The maximum absolute atomic E-state index is 12.1. The minimum atomic E-state index is -0.0672. The number of thioether (sulfide) groups is 1. The van der Waals surface area contributed by atoms with E-state index in [2.05, 4.69) is 15.6 Å². The number of amidine groups is 1. The molecule has 2 rings (SSSR count). The van der Waals surface area contributed by atoms with Crippen LogP contribution in [0.5, 0.6) is 0 Å². The third kappa shape index (κ3) is 3.44. The number of anilines is 1. The molecule has 0 aliphatic carbocycles. The molecule has 20 heavy (non-hydrogen) atoms. The molecule has 2 heterocycles. The highest BCUT2D eigenvalue weighted by atomic mass is 32.2. The molecule has 1 aromatic rings. The lowest BCUT2D eigenvalue weighted by molar-refractivity contribution is -0.117. The molecule has 7 nitrogen and oxygen atoms in total. The van der Waals surface area contributed by atoms with Gasteiger partial charge in [0, 0.05) is 13.5 Å². The molecule has 0 bridgehead atoms. The van der Waals surface area contributed by atoms with Gasteiger partial charge in [0.1, 0.15) is 5.82 Å². The van der Waals surface area contributed by atoms with Crippen LogP contribution in [0.25, 0.3) is 0 Å². The van der Waals surface area contributed by atoms with E-state index in [0.717, 1.165) is 24.3 Å². The fraction of sp³-hybridized carbons (Fsp3) is 0.583. The summed E-state index contributed by atoms with van der Waals surface area (Å²) in [6.07, 6.45) is 4.12. The summed E-state index contributed by atoms with van der Waals surface area (Å²) in [6.45, 7) is 0. The van der Waals surface area contributed by atoms with Crippen LogP contribution in [0.2, 0.25) is 0 Å². The summed E-state index contributed by atoms with van der Waals surface area (Å²) in [5.74, 6) is 3.02. The van der Waals surface area contributed by atoms with Gasteiger partial charge in [-0.25, -0.2) is 0 Å². The summed E-state index contributed by atoms with van der Waals surface area (Å²) >= 11 is 1.94. The van der Waals surface area contributed by atoms with E-state index in [0.29, 0.717) is 23.7 Å². The lowest BCUT2D eigenvalue weighted by Gasteiger charge is -2.20. The molecule has 0 spiro atoms. The second-order valence-electron chi connectivity index (χ2n) is 4.82. The molecule has 1 saturated heterocycles. The first-order chi connectivity index (χ1) is 9.61. The van der Waals surface area contributed by atoms with Gasteiger partial charge in [-0.05, 0) is 30.3 Å². The Kier molecular flexibility index (Phi) is 4.89. The number of nitrogens with one attached hydrogen (secondary N) is 1. The third-order valence-electron chi connectivity index (χ3n) is 3.40. The summed E-state index contributed by atoms with van der Waals surface area (Å²) in [7, 11) is 1.70. The number of oxime groups is 1. The number of hydrogen-bond donors (Lipinski definition) is 3. The molecule has 1 amide bonds. The maximum atomic E-state index is 12.1. The van der Waals surface area contributed by atoms with Gasteiger partial charge in [-0.15, -0.1) is 0 Å². The Morgan fingerprint density at radius 2 is 2.35 bits per heavy atom. The van der Waals surface area contributed by atoms with Crippen molar-refractivity contribution in [1.82, 2.24) is 9.78 Å². The van der Waals surface area contributed by atoms with Crippen LogP contribution in [0.4, 0.5) is 5.82 Å². The Hall–Kier alpha value is -1.70. The predicted octanol–water partition coefficient (Wildman–Crippen LogP) is 0.986. The number of amides is 1. The molecule has 0 atom stereocenters. The average Bonchev–Trinajstić information content (AvgIpc) is 2.80. The normalized spacial score (nSPS) is 17.1. The lowest BCUT2D eigenvalue weighted by Crippen LogP contribution is -2.23. The van der Waals surface area contributed by atoms with Crippen LogP contribution in [-0.2, 0) is 11.8 Å². The van der Waals surface area contributed by atoms with E-state index in [9.17, 15) is 4.79 Å². The maximum Gasteiger partial charge on any atom is 0.225 e. The van der Waals surface area contributed by atoms with Crippen molar-refractivity contribution in [3.63, 3.8) is 0 Å². The zero-order valence-corrected chi connectivity index (χ0v) is 12.2. The van der Waals surface area contributed by atoms with Gasteiger partial charge in [-0.1, -0.05) is 5.16 Å². The Labute approximate surface area is 121 Å². The largest absolute Gasteiger partial charge is 0.409 e. The van der Waals surface area contributed by atoms with Crippen LogP contribution in [0.3, 0.4) is 0 Å². The molecule has 0 radical (unpaired) electrons. The number of carbonyl (C=O) groups excluding carboxylic acids is 1. The molecular formula is C12H19N5O2S. The van der Waals surface area contributed by atoms with Crippen molar-refractivity contribution >= 4 is 29.3 Å². The van der Waals surface area contributed by atoms with Crippen molar-refractivity contribution in [3.05, 3.63) is 11.8 Å². The molecular weight excluding hydrogens is 278 g/mol. The fourth-order valence-corrected chi connectivity index (χ4v) is 3.43. The van der Waals surface area contributed by atoms with E-state index in [-0.39, 0.29) is 11.7 Å². The summed E-state index contributed by atoms with van der Waals surface area (Å²) in [5, 5.41) is 18.5. The number of carbonyl (C=O) groups is 1. The van der Waals surface area contributed by atoms with Crippen LogP contribution in [0, 0.1) is 5.92 Å². The highest BCUT2D eigenvalue weighted by molar-refractivity contribution is 7.99. The quantitative estimate of drug-likeness (QED) is 0.332. The highest BCUT2D eigenvalue weighted by Gasteiger charge is 2.20. The van der Waals surface area contributed by atoms with Crippen molar-refractivity contribution < 1.29 is 10.0 Å². The van der Waals surface area contributed by atoms with E-state index in [1.165, 1.54) is 10.9 Å². The number of nitrogens with zero attached hydrogens (tertiary/aromatic N) is 3. The highest BCUT2D eigenvalue weighted by Crippen LogP contribution is 2.25. The van der Waals surface area contributed by atoms with Crippen molar-refractivity contribution in [3.8, 4) is 0 Å². The summed E-state index contributed by atoms with van der Waals surface area (Å²) in [4.78, 5) is 12.1. The first-order valence-electron chi connectivity index (χ1n) is 6.49. The van der Waals surface area contributed by atoms with Crippen molar-refractivity contribution in [2.24, 2.45) is 23.9 Å². The molecule has 1 fully saturated rings. The van der Waals surface area contributed by atoms with Crippen LogP contribution in [0.1, 0.15) is 24.8 Å². The predicted molar refractivity (Wildman–Crippen MR) is 79.0 cm³/mol. The Balaban J connectivity index is 2.02. The molecule has 0 unspecified atom stereocenters. The van der Waals surface area contributed by atoms with Gasteiger partial charge in [0.15, 0.2) is 5.84 Å². The second kappa shape index (κ2) is 6.65. The second-order valence-corrected chi connectivity index (χ2v) is 6.05. The Morgan fingerprint density at radius 3 is 3.00 bits per heavy atom. The Morgan fingerprint density at radius 1 is 1.65 bits per heavy atom. The van der Waals surface area contributed by atoms with Gasteiger partial charge >= 0.3 is 0 Å². The number of aromatic nitrogens is 2.